The predicted octanol–water partition coefficient (Wildman–Crippen LogP) is 4.25. The van der Waals surface area contributed by atoms with Crippen molar-refractivity contribution in [2.24, 2.45) is 0 Å². The fraction of sp³-hybridized carbons (Fsp3) is 0.227. The topological polar surface area (TPSA) is 79.6 Å². The van der Waals surface area contributed by atoms with Crippen molar-refractivity contribution in [2.45, 2.75) is 23.5 Å². The Hall–Kier alpha value is -3.13. The van der Waals surface area contributed by atoms with Gasteiger partial charge >= 0.3 is 0 Å². The largest absolute Gasteiger partial charge is 0.455 e. The van der Waals surface area contributed by atoms with Gasteiger partial charge in [0.1, 0.15) is 17.3 Å². The van der Waals surface area contributed by atoms with E-state index in [-0.39, 0.29) is 22.2 Å². The molecule has 6 nitrogen and oxygen atoms in total. The summed E-state index contributed by atoms with van der Waals surface area (Å²) in [6, 6.07) is 15.4. The Morgan fingerprint density at radius 1 is 1.03 bits per heavy atom. The molecule has 156 valence electrons. The first-order valence-electron chi connectivity index (χ1n) is 9.65. The standard InChI is InChI=1S/C22H21FN2O4S/c23-19-14-16(8-10-20(19)25-12-4-5-13-25)24-22(26)21-11-9-17(29-21)15-30(27,28)18-6-2-1-3-7-18/h1-3,6-11,14H,4-5,12-13,15H2,(H,24,26). The van der Waals surface area contributed by atoms with Crippen LogP contribution in [0.1, 0.15) is 29.2 Å². The summed E-state index contributed by atoms with van der Waals surface area (Å²) >= 11 is 0. The van der Waals surface area contributed by atoms with E-state index >= 15 is 0 Å². The summed E-state index contributed by atoms with van der Waals surface area (Å²) in [4.78, 5) is 14.6. The van der Waals surface area contributed by atoms with Gasteiger partial charge in [0.05, 0.1) is 10.6 Å². The Kier molecular flexibility index (Phi) is 5.59. The van der Waals surface area contributed by atoms with Crippen LogP contribution in [0.4, 0.5) is 15.8 Å². The zero-order valence-corrected chi connectivity index (χ0v) is 17.0. The SMILES string of the molecule is O=C(Nc1ccc(N2CCCC2)c(F)c1)c1ccc(CS(=O)(=O)c2ccccc2)o1. The Balaban J connectivity index is 1.44. The lowest BCUT2D eigenvalue weighted by molar-refractivity contribution is 0.0995. The molecule has 1 N–H and O–H groups in total. The lowest BCUT2D eigenvalue weighted by Gasteiger charge is -2.18. The highest BCUT2D eigenvalue weighted by molar-refractivity contribution is 7.90. The van der Waals surface area contributed by atoms with Crippen molar-refractivity contribution in [1.29, 1.82) is 0 Å². The van der Waals surface area contributed by atoms with E-state index in [4.69, 9.17) is 4.42 Å². The first-order valence-corrected chi connectivity index (χ1v) is 11.3. The fourth-order valence-corrected chi connectivity index (χ4v) is 4.74. The fourth-order valence-electron chi connectivity index (χ4n) is 3.47. The molecule has 0 spiro atoms. The molecule has 0 radical (unpaired) electrons. The number of rotatable bonds is 6. The van der Waals surface area contributed by atoms with Gasteiger partial charge in [-0.2, -0.15) is 0 Å². The Morgan fingerprint density at radius 2 is 1.77 bits per heavy atom. The average Bonchev–Trinajstić information content (AvgIpc) is 3.41. The number of nitrogens with one attached hydrogen (secondary N) is 1. The number of halogens is 1. The summed E-state index contributed by atoms with van der Waals surface area (Å²) in [6.07, 6.45) is 2.08. The number of anilines is 2. The molecule has 0 unspecified atom stereocenters. The van der Waals surface area contributed by atoms with Gasteiger partial charge in [-0.25, -0.2) is 12.8 Å². The number of carbonyl (C=O) groups is 1. The van der Waals surface area contributed by atoms with E-state index in [9.17, 15) is 17.6 Å². The minimum absolute atomic E-state index is 0.0442. The molecule has 1 amide bonds. The van der Waals surface area contributed by atoms with Crippen molar-refractivity contribution >= 4 is 27.1 Å². The van der Waals surface area contributed by atoms with Crippen LogP contribution < -0.4 is 10.2 Å². The third-order valence-electron chi connectivity index (χ3n) is 4.97. The van der Waals surface area contributed by atoms with Crippen molar-refractivity contribution in [3.8, 4) is 0 Å². The number of sulfone groups is 1. The zero-order valence-electron chi connectivity index (χ0n) is 16.2. The molecule has 1 saturated heterocycles. The number of hydrogen-bond donors (Lipinski definition) is 1. The molecule has 1 aliphatic rings. The summed E-state index contributed by atoms with van der Waals surface area (Å²) in [5.41, 5.74) is 0.826. The van der Waals surface area contributed by atoms with Gasteiger partial charge in [0, 0.05) is 18.8 Å². The average molecular weight is 428 g/mol. The van der Waals surface area contributed by atoms with Crippen LogP contribution in [-0.4, -0.2) is 27.4 Å². The summed E-state index contributed by atoms with van der Waals surface area (Å²) in [5, 5.41) is 2.58. The van der Waals surface area contributed by atoms with Gasteiger partial charge in [-0.15, -0.1) is 0 Å². The minimum atomic E-state index is -3.58. The number of carbonyl (C=O) groups excluding carboxylic acids is 1. The highest BCUT2D eigenvalue weighted by Gasteiger charge is 2.20. The first kappa shape index (κ1) is 20.2. The van der Waals surface area contributed by atoms with Gasteiger partial charge in [0.25, 0.3) is 5.91 Å². The second-order valence-corrected chi connectivity index (χ2v) is 9.14. The number of benzene rings is 2. The maximum atomic E-state index is 14.4. The lowest BCUT2D eigenvalue weighted by atomic mass is 10.2. The quantitative estimate of drug-likeness (QED) is 0.635. The van der Waals surface area contributed by atoms with Crippen LogP contribution in [0.5, 0.6) is 0 Å². The van der Waals surface area contributed by atoms with Crippen LogP contribution in [0.15, 0.2) is 70.0 Å². The van der Waals surface area contributed by atoms with E-state index in [2.05, 4.69) is 5.32 Å². The van der Waals surface area contributed by atoms with Crippen LogP contribution in [0, 0.1) is 5.82 Å². The van der Waals surface area contributed by atoms with Crippen LogP contribution in [-0.2, 0) is 15.6 Å². The summed E-state index contributed by atoms with van der Waals surface area (Å²) in [6.45, 7) is 1.65. The van der Waals surface area contributed by atoms with Gasteiger partial charge in [-0.05, 0) is 55.3 Å². The molecule has 1 fully saturated rings. The van der Waals surface area contributed by atoms with E-state index < -0.39 is 21.6 Å². The van der Waals surface area contributed by atoms with Crippen molar-refractivity contribution in [3.63, 3.8) is 0 Å². The van der Waals surface area contributed by atoms with E-state index in [0.29, 0.717) is 11.4 Å². The Labute approximate surface area is 174 Å². The van der Waals surface area contributed by atoms with Gasteiger partial charge in [0.15, 0.2) is 15.6 Å². The maximum absolute atomic E-state index is 14.4. The van der Waals surface area contributed by atoms with Gasteiger partial charge in [-0.1, -0.05) is 18.2 Å². The molecule has 0 bridgehead atoms. The van der Waals surface area contributed by atoms with Crippen LogP contribution in [0.2, 0.25) is 0 Å². The molecule has 2 aromatic carbocycles. The maximum Gasteiger partial charge on any atom is 0.291 e. The molecule has 30 heavy (non-hydrogen) atoms. The molecule has 1 aromatic heterocycles. The smallest absolute Gasteiger partial charge is 0.291 e. The molecular weight excluding hydrogens is 407 g/mol. The Morgan fingerprint density at radius 3 is 2.47 bits per heavy atom. The molecule has 3 aromatic rings. The van der Waals surface area contributed by atoms with Crippen LogP contribution in [0.3, 0.4) is 0 Å². The van der Waals surface area contributed by atoms with Crippen LogP contribution >= 0.6 is 0 Å². The number of nitrogens with zero attached hydrogens (tertiary/aromatic N) is 1. The van der Waals surface area contributed by atoms with Crippen molar-refractivity contribution in [3.05, 3.63) is 78.0 Å². The molecule has 0 atom stereocenters. The normalized spacial score (nSPS) is 14.1. The van der Waals surface area contributed by atoms with Crippen LogP contribution in [0.25, 0.3) is 0 Å². The first-order chi connectivity index (χ1) is 14.4. The summed E-state index contributed by atoms with van der Waals surface area (Å²) in [7, 11) is -3.58. The number of furan rings is 1. The Bertz CT molecular complexity index is 1150. The van der Waals surface area contributed by atoms with E-state index in [1.165, 1.54) is 30.3 Å². The van der Waals surface area contributed by atoms with Gasteiger partial charge in [-0.3, -0.25) is 4.79 Å². The van der Waals surface area contributed by atoms with Gasteiger partial charge in [0.2, 0.25) is 0 Å². The molecule has 4 rings (SSSR count). The minimum Gasteiger partial charge on any atom is -0.455 e. The third-order valence-corrected chi connectivity index (χ3v) is 6.63. The monoisotopic (exact) mass is 428 g/mol. The lowest BCUT2D eigenvalue weighted by Crippen LogP contribution is -2.19. The molecule has 2 heterocycles. The second kappa shape index (κ2) is 8.31. The molecular formula is C22H21FN2O4S. The highest BCUT2D eigenvalue weighted by atomic mass is 32.2. The number of hydrogen-bond acceptors (Lipinski definition) is 5. The van der Waals surface area contributed by atoms with Crippen molar-refractivity contribution in [2.75, 3.05) is 23.3 Å². The van der Waals surface area contributed by atoms with E-state index in [1.807, 2.05) is 4.90 Å². The highest BCUT2D eigenvalue weighted by Crippen LogP contribution is 2.26. The summed E-state index contributed by atoms with van der Waals surface area (Å²) < 4.78 is 44.7. The molecule has 0 saturated carbocycles. The van der Waals surface area contributed by atoms with Crippen molar-refractivity contribution < 1.29 is 22.0 Å². The zero-order chi connectivity index (χ0) is 21.1. The van der Waals surface area contributed by atoms with E-state index in [1.54, 1.807) is 30.3 Å². The predicted molar refractivity (Wildman–Crippen MR) is 112 cm³/mol. The molecule has 0 aliphatic carbocycles. The summed E-state index contributed by atoms with van der Waals surface area (Å²) in [5.74, 6) is -1.23. The molecule has 1 aliphatic heterocycles. The van der Waals surface area contributed by atoms with Crippen molar-refractivity contribution in [1.82, 2.24) is 0 Å². The third kappa shape index (κ3) is 4.38. The second-order valence-electron chi connectivity index (χ2n) is 7.15. The molecule has 8 heteroatoms. The number of amides is 1. The van der Waals surface area contributed by atoms with E-state index in [0.717, 1.165) is 25.9 Å². The van der Waals surface area contributed by atoms with Gasteiger partial charge < -0.3 is 14.6 Å².